The lowest BCUT2D eigenvalue weighted by Crippen LogP contribution is -2.46. The van der Waals surface area contributed by atoms with Crippen molar-refractivity contribution in [2.75, 3.05) is 37.9 Å². The van der Waals surface area contributed by atoms with E-state index in [1.54, 1.807) is 13.8 Å². The zero-order valence-corrected chi connectivity index (χ0v) is 21.2. The molecule has 0 aromatic rings. The summed E-state index contributed by atoms with van der Waals surface area (Å²) in [5, 5.41) is 0. The van der Waals surface area contributed by atoms with E-state index < -0.39 is 13.1 Å². The van der Waals surface area contributed by atoms with Crippen LogP contribution in [0.3, 0.4) is 0 Å². The van der Waals surface area contributed by atoms with Crippen molar-refractivity contribution in [1.82, 2.24) is 0 Å². The second-order valence-electron chi connectivity index (χ2n) is 6.72. The smallest absolute Gasteiger partial charge is 0.465 e. The summed E-state index contributed by atoms with van der Waals surface area (Å²) in [6.07, 6.45) is 5.48. The maximum atomic E-state index is 11.6. The van der Waals surface area contributed by atoms with Gasteiger partial charge in [0.1, 0.15) is 4.32 Å². The van der Waals surface area contributed by atoms with Gasteiger partial charge in [0.15, 0.2) is 0 Å². The standard InChI is InChI=1S/C19H39BrO5SSi/c1-6-23-27(24-7-2,25-8-3)17-13-16-26-15-12-10-9-11-14-22-18(21)19(4,5)20/h6-17H2,1-5H3. The van der Waals surface area contributed by atoms with Crippen LogP contribution in [0.1, 0.15) is 66.7 Å². The van der Waals surface area contributed by atoms with Crippen LogP contribution < -0.4 is 0 Å². The summed E-state index contributed by atoms with van der Waals surface area (Å²) in [5.41, 5.74) is 0. The fourth-order valence-electron chi connectivity index (χ4n) is 2.49. The van der Waals surface area contributed by atoms with Crippen molar-refractivity contribution in [2.45, 2.75) is 77.1 Å². The number of halogens is 1. The first-order chi connectivity index (χ1) is 12.8. The van der Waals surface area contributed by atoms with Crippen LogP contribution in [-0.2, 0) is 22.8 Å². The molecule has 0 radical (unpaired) electrons. The first kappa shape index (κ1) is 27.4. The van der Waals surface area contributed by atoms with E-state index in [4.69, 9.17) is 18.0 Å². The predicted molar refractivity (Wildman–Crippen MR) is 120 cm³/mol. The number of carbonyl (C=O) groups excluding carboxylic acids is 1. The molecule has 27 heavy (non-hydrogen) atoms. The fraction of sp³-hybridized carbons (Fsp3) is 0.947. The quantitative estimate of drug-likeness (QED) is 0.111. The summed E-state index contributed by atoms with van der Waals surface area (Å²) in [4.78, 5) is 11.6. The summed E-state index contributed by atoms with van der Waals surface area (Å²) in [6.45, 7) is 12.0. The number of rotatable bonds is 18. The highest BCUT2D eigenvalue weighted by atomic mass is 79.9. The van der Waals surface area contributed by atoms with Gasteiger partial charge in [0.25, 0.3) is 0 Å². The molecule has 0 N–H and O–H groups in total. The molecule has 0 aromatic heterocycles. The number of thioether (sulfide) groups is 1. The van der Waals surface area contributed by atoms with Crippen LogP contribution in [0.15, 0.2) is 0 Å². The van der Waals surface area contributed by atoms with Crippen molar-refractivity contribution >= 4 is 42.5 Å². The van der Waals surface area contributed by atoms with E-state index >= 15 is 0 Å². The Balaban J connectivity index is 3.69. The fourth-order valence-corrected chi connectivity index (χ4v) is 6.43. The average molecular weight is 488 g/mol. The van der Waals surface area contributed by atoms with E-state index in [2.05, 4.69) is 15.9 Å². The van der Waals surface area contributed by atoms with Gasteiger partial charge in [-0.25, -0.2) is 0 Å². The minimum Gasteiger partial charge on any atom is -0.465 e. The molecule has 0 aromatic carbocycles. The Kier molecular flexibility index (Phi) is 16.5. The number of esters is 1. The van der Waals surface area contributed by atoms with Gasteiger partial charge >= 0.3 is 14.8 Å². The molecule has 5 nitrogen and oxygen atoms in total. The van der Waals surface area contributed by atoms with Crippen LogP contribution in [0.5, 0.6) is 0 Å². The molecule has 0 atom stereocenters. The van der Waals surface area contributed by atoms with E-state index in [1.807, 2.05) is 32.5 Å². The van der Waals surface area contributed by atoms with Crippen molar-refractivity contribution in [3.63, 3.8) is 0 Å². The first-order valence-corrected chi connectivity index (χ1v) is 14.0. The van der Waals surface area contributed by atoms with Crippen LogP contribution in [0.25, 0.3) is 0 Å². The van der Waals surface area contributed by atoms with Gasteiger partial charge in [0.2, 0.25) is 0 Å². The maximum absolute atomic E-state index is 11.6. The number of hydrogen-bond acceptors (Lipinski definition) is 6. The Labute approximate surface area is 180 Å². The molecule has 0 rings (SSSR count). The van der Waals surface area contributed by atoms with Gasteiger partial charge in [-0.2, -0.15) is 11.8 Å². The molecular weight excluding hydrogens is 448 g/mol. The van der Waals surface area contributed by atoms with Gasteiger partial charge in [-0.05, 0) is 65.4 Å². The molecule has 0 saturated heterocycles. The van der Waals surface area contributed by atoms with Crippen molar-refractivity contribution in [1.29, 1.82) is 0 Å². The Bertz CT molecular complexity index is 363. The van der Waals surface area contributed by atoms with E-state index in [0.29, 0.717) is 26.4 Å². The zero-order chi connectivity index (χ0) is 20.6. The maximum Gasteiger partial charge on any atom is 0.500 e. The second kappa shape index (κ2) is 16.2. The number of hydrogen-bond donors (Lipinski definition) is 0. The highest BCUT2D eigenvalue weighted by molar-refractivity contribution is 9.10. The number of unbranched alkanes of at least 4 members (excludes halogenated alkanes) is 3. The van der Waals surface area contributed by atoms with Gasteiger partial charge in [-0.3, -0.25) is 4.79 Å². The average Bonchev–Trinajstić information content (AvgIpc) is 2.59. The molecule has 0 bridgehead atoms. The Hall–Kier alpha value is 0.397. The zero-order valence-electron chi connectivity index (χ0n) is 17.8. The molecule has 0 saturated carbocycles. The summed E-state index contributed by atoms with van der Waals surface area (Å²) >= 11 is 5.29. The summed E-state index contributed by atoms with van der Waals surface area (Å²) in [6, 6.07) is 0.894. The molecule has 8 heteroatoms. The normalized spacial score (nSPS) is 12.4. The van der Waals surface area contributed by atoms with E-state index in [0.717, 1.165) is 31.1 Å². The van der Waals surface area contributed by atoms with Gasteiger partial charge in [-0.1, -0.05) is 28.8 Å². The molecule has 0 amide bonds. The van der Waals surface area contributed by atoms with Crippen molar-refractivity contribution in [2.24, 2.45) is 0 Å². The molecule has 0 unspecified atom stereocenters. The SMILES string of the molecule is CCO[Si](CCCSCCCCCCOC(=O)C(C)(C)Br)(OCC)OCC. The Morgan fingerprint density at radius 3 is 1.93 bits per heavy atom. The van der Waals surface area contributed by atoms with Crippen molar-refractivity contribution in [3.8, 4) is 0 Å². The first-order valence-electron chi connectivity index (χ1n) is 10.2. The van der Waals surface area contributed by atoms with Gasteiger partial charge < -0.3 is 18.0 Å². The van der Waals surface area contributed by atoms with Crippen molar-refractivity contribution in [3.05, 3.63) is 0 Å². The second-order valence-corrected chi connectivity index (χ2v) is 12.7. The summed E-state index contributed by atoms with van der Waals surface area (Å²) < 4.78 is 22.3. The molecular formula is C19H39BrO5SSi. The lowest BCUT2D eigenvalue weighted by Gasteiger charge is -2.28. The lowest BCUT2D eigenvalue weighted by molar-refractivity contribution is -0.145. The largest absolute Gasteiger partial charge is 0.500 e. The third-order valence-corrected chi connectivity index (χ3v) is 8.40. The molecule has 0 spiro atoms. The van der Waals surface area contributed by atoms with E-state index in [1.165, 1.54) is 18.6 Å². The molecule has 162 valence electrons. The van der Waals surface area contributed by atoms with E-state index in [9.17, 15) is 4.79 Å². The molecule has 0 heterocycles. The van der Waals surface area contributed by atoms with Gasteiger partial charge in [-0.15, -0.1) is 0 Å². The van der Waals surface area contributed by atoms with Crippen LogP contribution >= 0.6 is 27.7 Å². The molecule has 0 aliphatic rings. The summed E-state index contributed by atoms with van der Waals surface area (Å²) in [5.74, 6) is 2.09. The minimum atomic E-state index is -2.47. The van der Waals surface area contributed by atoms with Crippen molar-refractivity contribution < 1.29 is 22.8 Å². The summed E-state index contributed by atoms with van der Waals surface area (Å²) in [7, 11) is -2.47. The highest BCUT2D eigenvalue weighted by Gasteiger charge is 2.39. The van der Waals surface area contributed by atoms with Crippen LogP contribution in [-0.4, -0.2) is 57.0 Å². The number of ether oxygens (including phenoxy) is 1. The predicted octanol–water partition coefficient (Wildman–Crippen LogP) is 5.44. The Morgan fingerprint density at radius 2 is 1.41 bits per heavy atom. The number of carbonyl (C=O) groups is 1. The van der Waals surface area contributed by atoms with Crippen LogP contribution in [0.2, 0.25) is 6.04 Å². The van der Waals surface area contributed by atoms with Gasteiger partial charge in [0.05, 0.1) is 6.61 Å². The van der Waals surface area contributed by atoms with E-state index in [-0.39, 0.29) is 5.97 Å². The molecule has 0 fully saturated rings. The topological polar surface area (TPSA) is 54.0 Å². The van der Waals surface area contributed by atoms with Crippen LogP contribution in [0.4, 0.5) is 0 Å². The molecule has 0 aliphatic carbocycles. The third kappa shape index (κ3) is 14.1. The highest BCUT2D eigenvalue weighted by Crippen LogP contribution is 2.21. The number of alkyl halides is 1. The van der Waals surface area contributed by atoms with Gasteiger partial charge in [0, 0.05) is 25.9 Å². The third-order valence-electron chi connectivity index (χ3n) is 3.77. The monoisotopic (exact) mass is 486 g/mol. The molecule has 0 aliphatic heterocycles. The Morgan fingerprint density at radius 1 is 0.889 bits per heavy atom. The van der Waals surface area contributed by atoms with Crippen LogP contribution in [0, 0.1) is 0 Å². The minimum absolute atomic E-state index is 0.191. The lowest BCUT2D eigenvalue weighted by atomic mass is 10.2.